The molecule has 0 saturated carbocycles. The second-order valence-electron chi connectivity index (χ2n) is 6.15. The number of hydrogen-bond donors (Lipinski definition) is 2. The third-order valence-corrected chi connectivity index (χ3v) is 4.31. The maximum Gasteiger partial charge on any atom is 0.335 e. The van der Waals surface area contributed by atoms with Crippen LogP contribution in [0.5, 0.6) is 0 Å². The van der Waals surface area contributed by atoms with Gasteiger partial charge in [0.15, 0.2) is 0 Å². The summed E-state index contributed by atoms with van der Waals surface area (Å²) in [5, 5.41) is 11.7. The van der Waals surface area contributed by atoms with Crippen LogP contribution in [0.15, 0.2) is 42.6 Å². The van der Waals surface area contributed by atoms with Crippen molar-refractivity contribution in [2.75, 3.05) is 23.3 Å². The van der Waals surface area contributed by atoms with Crippen LogP contribution in [0.2, 0.25) is 0 Å². The van der Waals surface area contributed by atoms with E-state index in [-0.39, 0.29) is 11.5 Å². The minimum atomic E-state index is -1.03. The number of nitrogens with zero attached hydrogens (tertiary/aromatic N) is 2. The highest BCUT2D eigenvalue weighted by molar-refractivity contribution is 6.04. The van der Waals surface area contributed by atoms with Gasteiger partial charge >= 0.3 is 5.97 Å². The first kappa shape index (κ1) is 17.0. The van der Waals surface area contributed by atoms with Crippen molar-refractivity contribution in [2.45, 2.75) is 25.7 Å². The van der Waals surface area contributed by atoms with Gasteiger partial charge in [-0.25, -0.2) is 9.78 Å². The quantitative estimate of drug-likeness (QED) is 0.892. The van der Waals surface area contributed by atoms with E-state index in [9.17, 15) is 9.59 Å². The molecule has 6 nitrogen and oxygen atoms in total. The van der Waals surface area contributed by atoms with Crippen LogP contribution < -0.4 is 10.2 Å². The van der Waals surface area contributed by atoms with E-state index in [1.807, 2.05) is 6.07 Å². The number of carbonyl (C=O) groups excluding carboxylic acids is 1. The number of nitrogens with one attached hydrogen (secondary N) is 1. The van der Waals surface area contributed by atoms with Gasteiger partial charge in [0.25, 0.3) is 5.91 Å². The minimum Gasteiger partial charge on any atom is -0.478 e. The molecule has 3 rings (SSSR count). The summed E-state index contributed by atoms with van der Waals surface area (Å²) in [5.74, 6) is -0.441. The van der Waals surface area contributed by atoms with Gasteiger partial charge in [0.2, 0.25) is 0 Å². The summed E-state index contributed by atoms with van der Waals surface area (Å²) < 4.78 is 0. The number of amides is 1. The normalized spacial score (nSPS) is 14.6. The van der Waals surface area contributed by atoms with Crippen LogP contribution >= 0.6 is 0 Å². The molecule has 2 N–H and O–H groups in total. The molecule has 1 saturated heterocycles. The first-order valence-corrected chi connectivity index (χ1v) is 8.49. The van der Waals surface area contributed by atoms with Crippen molar-refractivity contribution in [2.24, 2.45) is 0 Å². The number of anilines is 2. The van der Waals surface area contributed by atoms with Gasteiger partial charge < -0.3 is 15.3 Å². The summed E-state index contributed by atoms with van der Waals surface area (Å²) in [7, 11) is 0. The summed E-state index contributed by atoms with van der Waals surface area (Å²) in [6, 6.07) is 9.79. The van der Waals surface area contributed by atoms with E-state index < -0.39 is 5.97 Å². The lowest BCUT2D eigenvalue weighted by Gasteiger charge is -2.21. The second kappa shape index (κ2) is 7.79. The zero-order valence-electron chi connectivity index (χ0n) is 13.9. The summed E-state index contributed by atoms with van der Waals surface area (Å²) in [4.78, 5) is 30.0. The number of benzene rings is 1. The molecule has 1 aromatic carbocycles. The Morgan fingerprint density at radius 2 is 1.76 bits per heavy atom. The summed E-state index contributed by atoms with van der Waals surface area (Å²) >= 11 is 0. The van der Waals surface area contributed by atoms with Gasteiger partial charge in [-0.1, -0.05) is 18.9 Å². The molecule has 1 aliphatic rings. The average molecular weight is 339 g/mol. The van der Waals surface area contributed by atoms with Gasteiger partial charge in [-0.15, -0.1) is 0 Å². The second-order valence-corrected chi connectivity index (χ2v) is 6.15. The minimum absolute atomic E-state index is 0.132. The third-order valence-electron chi connectivity index (χ3n) is 4.31. The molecule has 0 unspecified atom stereocenters. The van der Waals surface area contributed by atoms with Crippen molar-refractivity contribution >= 4 is 23.4 Å². The standard InChI is InChI=1S/C19H21N3O3/c23-18(21-16-7-5-6-14(12-16)19(24)25)15-8-9-17(20-13-15)22-10-3-1-2-4-11-22/h5-9,12-13H,1-4,10-11H2,(H,21,23)(H,24,25). The predicted molar refractivity (Wildman–Crippen MR) is 96.3 cm³/mol. The van der Waals surface area contributed by atoms with Gasteiger partial charge in [-0.3, -0.25) is 4.79 Å². The van der Waals surface area contributed by atoms with E-state index in [0.29, 0.717) is 11.3 Å². The zero-order valence-corrected chi connectivity index (χ0v) is 13.9. The number of carboxylic acids is 1. The first-order valence-electron chi connectivity index (χ1n) is 8.49. The highest BCUT2D eigenvalue weighted by atomic mass is 16.4. The fourth-order valence-corrected chi connectivity index (χ4v) is 2.94. The van der Waals surface area contributed by atoms with Gasteiger partial charge in [0, 0.05) is 25.0 Å². The monoisotopic (exact) mass is 339 g/mol. The Balaban J connectivity index is 1.68. The van der Waals surface area contributed by atoms with E-state index in [2.05, 4.69) is 15.2 Å². The molecule has 6 heteroatoms. The Morgan fingerprint density at radius 3 is 2.40 bits per heavy atom. The number of aromatic nitrogens is 1. The molecule has 1 fully saturated rings. The van der Waals surface area contributed by atoms with E-state index in [1.165, 1.54) is 37.8 Å². The van der Waals surface area contributed by atoms with E-state index >= 15 is 0 Å². The molecule has 2 heterocycles. The average Bonchev–Trinajstić information content (AvgIpc) is 2.91. The van der Waals surface area contributed by atoms with Crippen molar-refractivity contribution in [3.63, 3.8) is 0 Å². The van der Waals surface area contributed by atoms with E-state index in [1.54, 1.807) is 24.4 Å². The van der Waals surface area contributed by atoms with Gasteiger partial charge in [0.05, 0.1) is 11.1 Å². The topological polar surface area (TPSA) is 82.5 Å². The van der Waals surface area contributed by atoms with Gasteiger partial charge in [-0.05, 0) is 43.2 Å². The van der Waals surface area contributed by atoms with Gasteiger partial charge in [-0.2, -0.15) is 0 Å². The molecule has 2 aromatic rings. The Bertz CT molecular complexity index is 751. The molecule has 1 aliphatic heterocycles. The lowest BCUT2D eigenvalue weighted by atomic mass is 10.2. The Kier molecular flexibility index (Phi) is 5.28. The van der Waals surface area contributed by atoms with E-state index in [0.717, 1.165) is 18.9 Å². The largest absolute Gasteiger partial charge is 0.478 e. The number of aromatic carboxylic acids is 1. The van der Waals surface area contributed by atoms with Crippen molar-refractivity contribution in [1.29, 1.82) is 0 Å². The fraction of sp³-hybridized carbons (Fsp3) is 0.316. The fourth-order valence-electron chi connectivity index (χ4n) is 2.94. The summed E-state index contributed by atoms with van der Waals surface area (Å²) in [6.07, 6.45) is 6.42. The van der Waals surface area contributed by atoms with Crippen LogP contribution in [-0.4, -0.2) is 35.1 Å². The van der Waals surface area contributed by atoms with Crippen molar-refractivity contribution in [3.05, 3.63) is 53.7 Å². The van der Waals surface area contributed by atoms with Crippen LogP contribution in [0, 0.1) is 0 Å². The SMILES string of the molecule is O=C(O)c1cccc(NC(=O)c2ccc(N3CCCCCC3)nc2)c1. The lowest BCUT2D eigenvalue weighted by Crippen LogP contribution is -2.25. The Morgan fingerprint density at radius 1 is 1.00 bits per heavy atom. The van der Waals surface area contributed by atoms with Crippen LogP contribution in [0.25, 0.3) is 0 Å². The third kappa shape index (κ3) is 4.35. The molecular formula is C19H21N3O3. The molecule has 0 aliphatic carbocycles. The Hall–Kier alpha value is -2.89. The number of carbonyl (C=O) groups is 2. The summed E-state index contributed by atoms with van der Waals surface area (Å²) in [6.45, 7) is 2.00. The number of rotatable bonds is 4. The predicted octanol–water partition coefficient (Wildman–Crippen LogP) is 3.41. The lowest BCUT2D eigenvalue weighted by molar-refractivity contribution is 0.0696. The number of hydrogen-bond acceptors (Lipinski definition) is 4. The van der Waals surface area contributed by atoms with Crippen molar-refractivity contribution < 1.29 is 14.7 Å². The Labute approximate surface area is 146 Å². The van der Waals surface area contributed by atoms with Crippen LogP contribution in [-0.2, 0) is 0 Å². The first-order chi connectivity index (χ1) is 12.1. The number of pyridine rings is 1. The molecule has 1 amide bonds. The maximum absolute atomic E-state index is 12.3. The van der Waals surface area contributed by atoms with Gasteiger partial charge in [0.1, 0.15) is 5.82 Å². The molecule has 130 valence electrons. The highest BCUT2D eigenvalue weighted by Gasteiger charge is 2.13. The number of carboxylic acid groups (broad SMARTS) is 1. The molecule has 0 atom stereocenters. The van der Waals surface area contributed by atoms with Crippen molar-refractivity contribution in [1.82, 2.24) is 4.98 Å². The molecule has 0 spiro atoms. The molecule has 0 bridgehead atoms. The molecule has 0 radical (unpaired) electrons. The highest BCUT2D eigenvalue weighted by Crippen LogP contribution is 2.18. The maximum atomic E-state index is 12.3. The van der Waals surface area contributed by atoms with Crippen molar-refractivity contribution in [3.8, 4) is 0 Å². The zero-order chi connectivity index (χ0) is 17.6. The molecule has 1 aromatic heterocycles. The smallest absolute Gasteiger partial charge is 0.335 e. The summed E-state index contributed by atoms with van der Waals surface area (Å²) in [5.41, 5.74) is 1.02. The van der Waals surface area contributed by atoms with Crippen LogP contribution in [0.1, 0.15) is 46.4 Å². The molecule has 25 heavy (non-hydrogen) atoms. The van der Waals surface area contributed by atoms with Crippen LogP contribution in [0.4, 0.5) is 11.5 Å². The molecular weight excluding hydrogens is 318 g/mol. The van der Waals surface area contributed by atoms with Crippen LogP contribution in [0.3, 0.4) is 0 Å². The van der Waals surface area contributed by atoms with E-state index in [4.69, 9.17) is 5.11 Å².